The van der Waals surface area contributed by atoms with Crippen molar-refractivity contribution >= 4 is 0 Å². The highest BCUT2D eigenvalue weighted by Gasteiger charge is 2.02. The van der Waals surface area contributed by atoms with Crippen LogP contribution in [0.1, 0.15) is 44.6 Å². The Morgan fingerprint density at radius 1 is 1.21 bits per heavy atom. The first-order valence-corrected chi connectivity index (χ1v) is 5.50. The second-order valence-electron chi connectivity index (χ2n) is 3.81. The molecule has 0 heterocycles. The number of rotatable bonds is 5. The Bertz CT molecular complexity index is 259. The lowest BCUT2D eigenvalue weighted by atomic mass is 9.95. The molecule has 0 saturated heterocycles. The standard InChI is InChI=1S/C14H20/c1-3-4-5-7-10-13(2)14-11-8-6-9-12-14/h3-4,6,8-9,11-13H,5,7,10H2,1-2H3/b4-3+. The van der Waals surface area contributed by atoms with Crippen LogP contribution in [0.2, 0.25) is 0 Å². The van der Waals surface area contributed by atoms with E-state index in [4.69, 9.17) is 0 Å². The Hall–Kier alpha value is -1.04. The molecule has 0 amide bonds. The SMILES string of the molecule is C/C=C/CCCC(C)c1ccccc1. The fraction of sp³-hybridized carbons (Fsp3) is 0.429. The molecule has 1 rings (SSSR count). The molecular weight excluding hydrogens is 168 g/mol. The molecule has 0 nitrogen and oxygen atoms in total. The summed E-state index contributed by atoms with van der Waals surface area (Å²) in [4.78, 5) is 0. The van der Waals surface area contributed by atoms with Crippen LogP contribution in [-0.4, -0.2) is 0 Å². The highest BCUT2D eigenvalue weighted by molar-refractivity contribution is 5.18. The molecular formula is C14H20. The van der Waals surface area contributed by atoms with Gasteiger partial charge in [0.15, 0.2) is 0 Å². The first-order chi connectivity index (χ1) is 6.84. The molecule has 0 aliphatic heterocycles. The normalized spacial score (nSPS) is 13.3. The summed E-state index contributed by atoms with van der Waals surface area (Å²) in [5.41, 5.74) is 1.47. The lowest BCUT2D eigenvalue weighted by Gasteiger charge is -2.10. The summed E-state index contributed by atoms with van der Waals surface area (Å²) < 4.78 is 0. The number of allylic oxidation sites excluding steroid dienone is 2. The lowest BCUT2D eigenvalue weighted by Crippen LogP contribution is -1.92. The van der Waals surface area contributed by atoms with E-state index in [1.54, 1.807) is 0 Å². The Kier molecular flexibility index (Phi) is 5.06. The van der Waals surface area contributed by atoms with Crippen LogP contribution in [0.5, 0.6) is 0 Å². The fourth-order valence-electron chi connectivity index (χ4n) is 1.66. The second-order valence-corrected chi connectivity index (χ2v) is 3.81. The van der Waals surface area contributed by atoms with Crippen molar-refractivity contribution in [2.45, 2.75) is 39.0 Å². The van der Waals surface area contributed by atoms with Gasteiger partial charge in [0.1, 0.15) is 0 Å². The molecule has 0 heteroatoms. The van der Waals surface area contributed by atoms with Gasteiger partial charge in [-0.25, -0.2) is 0 Å². The molecule has 0 aromatic heterocycles. The third-order valence-corrected chi connectivity index (χ3v) is 2.61. The average molecular weight is 188 g/mol. The Labute approximate surface area is 87.7 Å². The van der Waals surface area contributed by atoms with Crippen molar-refractivity contribution in [1.82, 2.24) is 0 Å². The van der Waals surface area contributed by atoms with E-state index in [1.807, 2.05) is 0 Å². The summed E-state index contributed by atoms with van der Waals surface area (Å²) >= 11 is 0. The van der Waals surface area contributed by atoms with Crippen molar-refractivity contribution < 1.29 is 0 Å². The van der Waals surface area contributed by atoms with Crippen LogP contribution in [-0.2, 0) is 0 Å². The van der Waals surface area contributed by atoms with Crippen LogP contribution in [0.4, 0.5) is 0 Å². The van der Waals surface area contributed by atoms with E-state index in [1.165, 1.54) is 24.8 Å². The predicted molar refractivity (Wildman–Crippen MR) is 63.5 cm³/mol. The molecule has 1 aromatic carbocycles. The third kappa shape index (κ3) is 3.78. The molecule has 0 radical (unpaired) electrons. The van der Waals surface area contributed by atoms with Gasteiger partial charge in [0.05, 0.1) is 0 Å². The molecule has 0 fully saturated rings. The monoisotopic (exact) mass is 188 g/mol. The highest BCUT2D eigenvalue weighted by atomic mass is 14.1. The number of unbranched alkanes of at least 4 members (excludes halogenated alkanes) is 1. The van der Waals surface area contributed by atoms with E-state index in [2.05, 4.69) is 56.3 Å². The zero-order valence-electron chi connectivity index (χ0n) is 9.24. The number of benzene rings is 1. The Balaban J connectivity index is 2.32. The van der Waals surface area contributed by atoms with Crippen LogP contribution < -0.4 is 0 Å². The van der Waals surface area contributed by atoms with Crippen molar-refractivity contribution in [3.05, 3.63) is 48.0 Å². The first kappa shape index (κ1) is 11.0. The number of hydrogen-bond donors (Lipinski definition) is 0. The van der Waals surface area contributed by atoms with Crippen molar-refractivity contribution in [2.24, 2.45) is 0 Å². The van der Waals surface area contributed by atoms with E-state index in [-0.39, 0.29) is 0 Å². The van der Waals surface area contributed by atoms with Crippen LogP contribution in [0.25, 0.3) is 0 Å². The Morgan fingerprint density at radius 3 is 2.57 bits per heavy atom. The average Bonchev–Trinajstić information content (AvgIpc) is 2.25. The quantitative estimate of drug-likeness (QED) is 0.470. The molecule has 0 N–H and O–H groups in total. The van der Waals surface area contributed by atoms with Gasteiger partial charge < -0.3 is 0 Å². The molecule has 0 aliphatic carbocycles. The third-order valence-electron chi connectivity index (χ3n) is 2.61. The summed E-state index contributed by atoms with van der Waals surface area (Å²) in [6.07, 6.45) is 8.17. The van der Waals surface area contributed by atoms with Gasteiger partial charge in [0, 0.05) is 0 Å². The molecule has 0 aliphatic rings. The Morgan fingerprint density at radius 2 is 1.93 bits per heavy atom. The second kappa shape index (κ2) is 6.42. The first-order valence-electron chi connectivity index (χ1n) is 5.50. The van der Waals surface area contributed by atoms with Gasteiger partial charge >= 0.3 is 0 Å². The van der Waals surface area contributed by atoms with Crippen molar-refractivity contribution in [1.29, 1.82) is 0 Å². The minimum Gasteiger partial charge on any atom is -0.0917 e. The van der Waals surface area contributed by atoms with Crippen LogP contribution >= 0.6 is 0 Å². The van der Waals surface area contributed by atoms with Crippen molar-refractivity contribution in [3.63, 3.8) is 0 Å². The molecule has 1 aromatic rings. The van der Waals surface area contributed by atoms with Gasteiger partial charge in [0.2, 0.25) is 0 Å². The summed E-state index contributed by atoms with van der Waals surface area (Å²) in [6, 6.07) is 10.8. The maximum absolute atomic E-state index is 2.31. The molecule has 0 spiro atoms. The van der Waals surface area contributed by atoms with Crippen LogP contribution in [0.3, 0.4) is 0 Å². The number of hydrogen-bond acceptors (Lipinski definition) is 0. The molecule has 1 atom stereocenters. The van der Waals surface area contributed by atoms with Gasteiger partial charge in [-0.1, -0.05) is 49.4 Å². The van der Waals surface area contributed by atoms with Crippen molar-refractivity contribution in [3.8, 4) is 0 Å². The molecule has 1 unspecified atom stereocenters. The maximum Gasteiger partial charge on any atom is -0.0190 e. The zero-order chi connectivity index (χ0) is 10.2. The minimum atomic E-state index is 0.696. The van der Waals surface area contributed by atoms with E-state index in [0.717, 1.165) is 0 Å². The lowest BCUT2D eigenvalue weighted by molar-refractivity contribution is 0.640. The van der Waals surface area contributed by atoms with Gasteiger partial charge in [-0.2, -0.15) is 0 Å². The van der Waals surface area contributed by atoms with Gasteiger partial charge in [-0.15, -0.1) is 0 Å². The smallest absolute Gasteiger partial charge is 0.0190 e. The van der Waals surface area contributed by atoms with Gasteiger partial charge in [-0.3, -0.25) is 0 Å². The summed E-state index contributed by atoms with van der Waals surface area (Å²) in [5, 5.41) is 0. The summed E-state index contributed by atoms with van der Waals surface area (Å²) in [5.74, 6) is 0.696. The molecule has 0 bridgehead atoms. The van der Waals surface area contributed by atoms with Crippen molar-refractivity contribution in [2.75, 3.05) is 0 Å². The zero-order valence-corrected chi connectivity index (χ0v) is 9.24. The largest absolute Gasteiger partial charge is 0.0917 e. The van der Waals surface area contributed by atoms with Gasteiger partial charge in [0.25, 0.3) is 0 Å². The predicted octanol–water partition coefficient (Wildman–Crippen LogP) is 4.54. The van der Waals surface area contributed by atoms with E-state index in [0.29, 0.717) is 5.92 Å². The molecule has 14 heavy (non-hydrogen) atoms. The molecule has 76 valence electrons. The van der Waals surface area contributed by atoms with E-state index in [9.17, 15) is 0 Å². The minimum absolute atomic E-state index is 0.696. The van der Waals surface area contributed by atoms with Crippen LogP contribution in [0, 0.1) is 0 Å². The maximum atomic E-state index is 2.31. The fourth-order valence-corrected chi connectivity index (χ4v) is 1.66. The molecule has 0 saturated carbocycles. The van der Waals surface area contributed by atoms with Gasteiger partial charge in [-0.05, 0) is 37.7 Å². The highest BCUT2D eigenvalue weighted by Crippen LogP contribution is 2.20. The van der Waals surface area contributed by atoms with Crippen LogP contribution in [0.15, 0.2) is 42.5 Å². The van der Waals surface area contributed by atoms with E-state index < -0.39 is 0 Å². The van der Waals surface area contributed by atoms with E-state index >= 15 is 0 Å². The summed E-state index contributed by atoms with van der Waals surface area (Å²) in [7, 11) is 0. The summed E-state index contributed by atoms with van der Waals surface area (Å²) in [6.45, 7) is 4.39. The topological polar surface area (TPSA) is 0 Å².